The second kappa shape index (κ2) is 10.8. The maximum absolute atomic E-state index is 13.9. The number of rotatable bonds is 8. The number of aromatic amines is 1. The monoisotopic (exact) mass is 523 g/mol. The number of hydrogen-bond acceptors (Lipinski definition) is 5. The molecule has 3 aromatic carbocycles. The van der Waals surface area contributed by atoms with Crippen molar-refractivity contribution >= 4 is 5.91 Å². The average molecular weight is 524 g/mol. The number of amides is 1. The van der Waals surface area contributed by atoms with Crippen LogP contribution in [0.4, 0.5) is 0 Å². The van der Waals surface area contributed by atoms with Crippen molar-refractivity contribution in [2.24, 2.45) is 0 Å². The molecule has 4 aromatic rings. The van der Waals surface area contributed by atoms with E-state index < -0.39 is 0 Å². The van der Waals surface area contributed by atoms with Gasteiger partial charge in [-0.3, -0.25) is 9.89 Å². The topological polar surface area (TPSA) is 76.7 Å². The van der Waals surface area contributed by atoms with E-state index in [0.717, 1.165) is 59.4 Å². The molecule has 1 unspecified atom stereocenters. The van der Waals surface area contributed by atoms with Gasteiger partial charge < -0.3 is 19.1 Å². The van der Waals surface area contributed by atoms with Gasteiger partial charge in [0.15, 0.2) is 11.5 Å². The molecular formula is C32H33N3O4. The van der Waals surface area contributed by atoms with Crippen LogP contribution in [0.1, 0.15) is 65.3 Å². The fraction of sp³-hybridized carbons (Fsp3) is 0.312. The summed E-state index contributed by atoms with van der Waals surface area (Å²) in [7, 11) is 3.30. The van der Waals surface area contributed by atoms with Crippen LogP contribution in [-0.4, -0.2) is 41.3 Å². The molecule has 1 N–H and O–H groups in total. The van der Waals surface area contributed by atoms with Crippen molar-refractivity contribution < 1.29 is 19.0 Å². The van der Waals surface area contributed by atoms with Gasteiger partial charge in [-0.2, -0.15) is 5.10 Å². The summed E-state index contributed by atoms with van der Waals surface area (Å²) in [6.45, 7) is 0.445. The summed E-state index contributed by atoms with van der Waals surface area (Å²) in [5.74, 6) is 2.10. The standard InChI is InChI=1S/C32H33N3O4/c1-37-25-16-13-22(14-17-25)29-28-30(34-33-29)32(36)35(24-11-7-4-8-12-24)31(28)23-15-18-26(27(19-23)38-2)39-20-21-9-5-3-6-10-21/h3,5-6,9-10,13-19,24,31H,4,7-8,11-12,20H2,1-2H3,(H,33,34). The quantitative estimate of drug-likeness (QED) is 0.283. The molecule has 7 heteroatoms. The van der Waals surface area contributed by atoms with Crippen molar-refractivity contribution in [2.75, 3.05) is 14.2 Å². The molecule has 6 rings (SSSR count). The van der Waals surface area contributed by atoms with Gasteiger partial charge in [0, 0.05) is 17.2 Å². The van der Waals surface area contributed by atoms with Crippen molar-refractivity contribution in [2.45, 2.75) is 50.8 Å². The van der Waals surface area contributed by atoms with E-state index in [1.165, 1.54) is 6.42 Å². The highest BCUT2D eigenvalue weighted by Crippen LogP contribution is 2.47. The third kappa shape index (κ3) is 4.73. The zero-order valence-electron chi connectivity index (χ0n) is 22.4. The fourth-order valence-corrected chi connectivity index (χ4v) is 5.91. The molecule has 1 fully saturated rings. The SMILES string of the molecule is COc1ccc(-c2n[nH]c3c2C(c2ccc(OCc4ccccc4)c(OC)c2)N(C2CCCCC2)C3=O)cc1. The highest BCUT2D eigenvalue weighted by molar-refractivity contribution is 6.00. The molecule has 1 saturated carbocycles. The average Bonchev–Trinajstić information content (AvgIpc) is 3.55. The third-order valence-electron chi connectivity index (χ3n) is 7.88. The van der Waals surface area contributed by atoms with Gasteiger partial charge in [0.2, 0.25) is 0 Å². The van der Waals surface area contributed by atoms with E-state index in [1.54, 1.807) is 14.2 Å². The number of methoxy groups -OCH3 is 2. The lowest BCUT2D eigenvalue weighted by Gasteiger charge is -2.36. The Balaban J connectivity index is 1.40. The van der Waals surface area contributed by atoms with Gasteiger partial charge in [-0.1, -0.05) is 55.7 Å². The molecule has 2 aliphatic rings. The number of fused-ring (bicyclic) bond motifs is 1. The fourth-order valence-electron chi connectivity index (χ4n) is 5.91. The van der Waals surface area contributed by atoms with Gasteiger partial charge >= 0.3 is 0 Å². The first-order valence-corrected chi connectivity index (χ1v) is 13.6. The minimum Gasteiger partial charge on any atom is -0.497 e. The Morgan fingerprint density at radius 1 is 0.897 bits per heavy atom. The molecule has 1 atom stereocenters. The number of benzene rings is 3. The van der Waals surface area contributed by atoms with Crippen molar-refractivity contribution in [1.82, 2.24) is 15.1 Å². The smallest absolute Gasteiger partial charge is 0.273 e. The first-order valence-electron chi connectivity index (χ1n) is 13.6. The third-order valence-corrected chi connectivity index (χ3v) is 7.88. The molecule has 0 spiro atoms. The van der Waals surface area contributed by atoms with Crippen LogP contribution in [0.25, 0.3) is 11.3 Å². The second-order valence-electron chi connectivity index (χ2n) is 10.2. The van der Waals surface area contributed by atoms with Crippen molar-refractivity contribution in [3.63, 3.8) is 0 Å². The summed E-state index contributed by atoms with van der Waals surface area (Å²) in [5, 5.41) is 7.71. The predicted molar refractivity (Wildman–Crippen MR) is 149 cm³/mol. The van der Waals surface area contributed by atoms with Crippen LogP contribution < -0.4 is 14.2 Å². The molecule has 0 radical (unpaired) electrons. The van der Waals surface area contributed by atoms with E-state index in [2.05, 4.69) is 21.2 Å². The lowest BCUT2D eigenvalue weighted by atomic mass is 9.90. The molecule has 200 valence electrons. The van der Waals surface area contributed by atoms with Gasteiger partial charge in [-0.15, -0.1) is 0 Å². The Bertz CT molecular complexity index is 1440. The Hall–Kier alpha value is -4.26. The minimum atomic E-state index is -0.275. The first-order chi connectivity index (χ1) is 19.2. The van der Waals surface area contributed by atoms with Gasteiger partial charge in [0.1, 0.15) is 18.1 Å². The second-order valence-corrected chi connectivity index (χ2v) is 10.2. The summed E-state index contributed by atoms with van der Waals surface area (Å²) in [4.78, 5) is 16.0. The number of ether oxygens (including phenoxy) is 3. The van der Waals surface area contributed by atoms with Gasteiger partial charge in [-0.05, 0) is 60.4 Å². The van der Waals surface area contributed by atoms with Gasteiger partial charge in [0.25, 0.3) is 5.91 Å². The number of carbonyl (C=O) groups is 1. The van der Waals surface area contributed by atoms with E-state index in [4.69, 9.17) is 14.2 Å². The number of hydrogen-bond donors (Lipinski definition) is 1. The molecule has 0 saturated heterocycles. The molecule has 7 nitrogen and oxygen atoms in total. The Morgan fingerprint density at radius 2 is 1.67 bits per heavy atom. The lowest BCUT2D eigenvalue weighted by molar-refractivity contribution is 0.0606. The van der Waals surface area contributed by atoms with Gasteiger partial charge in [0.05, 0.1) is 26.0 Å². The number of carbonyl (C=O) groups excluding carboxylic acids is 1. The Labute approximate surface area is 228 Å². The number of H-pyrrole nitrogens is 1. The zero-order valence-corrected chi connectivity index (χ0v) is 22.4. The van der Waals surface area contributed by atoms with Gasteiger partial charge in [-0.25, -0.2) is 0 Å². The first kappa shape index (κ1) is 25.0. The van der Waals surface area contributed by atoms with E-state index in [0.29, 0.717) is 23.8 Å². The summed E-state index contributed by atoms with van der Waals surface area (Å²) < 4.78 is 17.3. The van der Waals surface area contributed by atoms with Crippen molar-refractivity contribution in [3.05, 3.63) is 95.2 Å². The number of nitrogens with zero attached hydrogens (tertiary/aromatic N) is 2. The van der Waals surface area contributed by atoms with Crippen LogP contribution in [0, 0.1) is 0 Å². The maximum atomic E-state index is 13.9. The minimum absolute atomic E-state index is 0.0116. The molecule has 1 aromatic heterocycles. The van der Waals surface area contributed by atoms with E-state index in [-0.39, 0.29) is 18.0 Å². The Morgan fingerprint density at radius 3 is 2.38 bits per heavy atom. The number of nitrogens with one attached hydrogen (secondary N) is 1. The summed E-state index contributed by atoms with van der Waals surface area (Å²) in [5.41, 5.74) is 5.27. The number of aromatic nitrogens is 2. The molecular weight excluding hydrogens is 490 g/mol. The lowest BCUT2D eigenvalue weighted by Crippen LogP contribution is -2.40. The molecule has 1 aliphatic carbocycles. The van der Waals surface area contributed by atoms with Crippen LogP contribution in [0.2, 0.25) is 0 Å². The molecule has 0 bridgehead atoms. The largest absolute Gasteiger partial charge is 0.497 e. The summed E-state index contributed by atoms with van der Waals surface area (Å²) in [6.07, 6.45) is 5.50. The highest BCUT2D eigenvalue weighted by atomic mass is 16.5. The van der Waals surface area contributed by atoms with Crippen molar-refractivity contribution in [1.29, 1.82) is 0 Å². The molecule has 39 heavy (non-hydrogen) atoms. The molecule has 1 aliphatic heterocycles. The van der Waals surface area contributed by atoms with Crippen LogP contribution >= 0.6 is 0 Å². The van der Waals surface area contributed by atoms with E-state index in [1.807, 2.05) is 66.7 Å². The summed E-state index contributed by atoms with van der Waals surface area (Å²) >= 11 is 0. The van der Waals surface area contributed by atoms with Crippen LogP contribution in [0.15, 0.2) is 72.8 Å². The summed E-state index contributed by atoms with van der Waals surface area (Å²) in [6, 6.07) is 23.8. The highest BCUT2D eigenvalue weighted by Gasteiger charge is 2.45. The molecule has 2 heterocycles. The Kier molecular flexibility index (Phi) is 6.97. The van der Waals surface area contributed by atoms with Crippen LogP contribution in [0.5, 0.6) is 17.2 Å². The van der Waals surface area contributed by atoms with Crippen LogP contribution in [-0.2, 0) is 6.61 Å². The normalized spacial score (nSPS) is 17.2. The van der Waals surface area contributed by atoms with E-state index >= 15 is 0 Å². The van der Waals surface area contributed by atoms with Crippen molar-refractivity contribution in [3.8, 4) is 28.5 Å². The zero-order chi connectivity index (χ0) is 26.8. The van der Waals surface area contributed by atoms with E-state index in [9.17, 15) is 4.79 Å². The molecule has 1 amide bonds. The van der Waals surface area contributed by atoms with Crippen LogP contribution in [0.3, 0.4) is 0 Å². The maximum Gasteiger partial charge on any atom is 0.273 e. The predicted octanol–water partition coefficient (Wildman–Crippen LogP) is 6.55.